The molecule has 3 aromatic rings. The summed E-state index contributed by atoms with van der Waals surface area (Å²) >= 11 is 0. The molecule has 3 aromatic heterocycles. The number of nitrogens with one attached hydrogen (secondary N) is 1. The van der Waals surface area contributed by atoms with Crippen LogP contribution in [0.2, 0.25) is 0 Å². The summed E-state index contributed by atoms with van der Waals surface area (Å²) in [5, 5.41) is 0. The van der Waals surface area contributed by atoms with Crippen LogP contribution < -0.4 is 11.2 Å². The van der Waals surface area contributed by atoms with Gasteiger partial charge in [0.1, 0.15) is 0 Å². The van der Waals surface area contributed by atoms with Crippen LogP contribution in [0.15, 0.2) is 15.8 Å². The molecule has 0 aromatic carbocycles. The zero-order valence-corrected chi connectivity index (χ0v) is 15.5. The number of aromatic amines is 1. The number of imidazole rings is 2. The lowest BCUT2D eigenvalue weighted by Gasteiger charge is -2.34. The number of fused-ring (bicyclic) bond motifs is 3. The molecule has 1 saturated heterocycles. The molecule has 0 radical (unpaired) electrons. The van der Waals surface area contributed by atoms with Crippen molar-refractivity contribution >= 4 is 16.9 Å². The Bertz CT molecular complexity index is 1060. The Hall–Kier alpha value is -2.39. The normalized spacial score (nSPS) is 16.9. The zero-order chi connectivity index (χ0) is 18.4. The lowest BCUT2D eigenvalue weighted by atomic mass is 10.3. The molecule has 26 heavy (non-hydrogen) atoms. The molecular weight excluding hydrogens is 334 g/mol. The first-order valence-electron chi connectivity index (χ1n) is 9.11. The van der Waals surface area contributed by atoms with E-state index < -0.39 is 11.2 Å². The number of likely N-dealkylation sites (N-methyl/N-ethyl adjacent to an activating group) is 1. The second kappa shape index (κ2) is 6.40. The smallest absolute Gasteiger partial charge is 0.313 e. The van der Waals surface area contributed by atoms with Gasteiger partial charge in [-0.3, -0.25) is 23.6 Å². The molecule has 0 bridgehead atoms. The fourth-order valence-electron chi connectivity index (χ4n) is 3.76. The molecule has 0 amide bonds. The fraction of sp³-hybridized carbons (Fsp3) is 0.588. The van der Waals surface area contributed by atoms with Gasteiger partial charge in [-0.05, 0) is 13.5 Å². The van der Waals surface area contributed by atoms with Gasteiger partial charge in [-0.15, -0.1) is 0 Å². The van der Waals surface area contributed by atoms with Gasteiger partial charge in [0.05, 0.1) is 0 Å². The van der Waals surface area contributed by atoms with Crippen LogP contribution in [0.3, 0.4) is 0 Å². The zero-order valence-electron chi connectivity index (χ0n) is 15.5. The van der Waals surface area contributed by atoms with Crippen molar-refractivity contribution in [1.82, 2.24) is 33.3 Å². The van der Waals surface area contributed by atoms with E-state index in [1.54, 1.807) is 11.4 Å². The Morgan fingerprint density at radius 3 is 2.50 bits per heavy atom. The summed E-state index contributed by atoms with van der Waals surface area (Å²) in [5.41, 5.74) is 1.04. The Morgan fingerprint density at radius 2 is 1.81 bits per heavy atom. The number of aromatic nitrogens is 5. The summed E-state index contributed by atoms with van der Waals surface area (Å²) in [4.78, 5) is 36.0. The number of piperazine rings is 1. The SMILES string of the molecule is CCN1CCN(CCn2c(C)cn3c4c(=O)[nH]c(=O)n(C)c4nc23)CC1. The van der Waals surface area contributed by atoms with Crippen molar-refractivity contribution in [3.05, 3.63) is 32.7 Å². The van der Waals surface area contributed by atoms with E-state index in [0.29, 0.717) is 16.9 Å². The minimum atomic E-state index is -0.444. The van der Waals surface area contributed by atoms with E-state index in [1.807, 2.05) is 13.1 Å². The molecule has 140 valence electrons. The van der Waals surface area contributed by atoms with E-state index in [1.165, 1.54) is 4.57 Å². The molecule has 1 aliphatic heterocycles. The minimum absolute atomic E-state index is 0.400. The second-order valence-corrected chi connectivity index (χ2v) is 6.97. The van der Waals surface area contributed by atoms with E-state index in [9.17, 15) is 9.59 Å². The number of rotatable bonds is 4. The van der Waals surface area contributed by atoms with Crippen molar-refractivity contribution in [3.63, 3.8) is 0 Å². The lowest BCUT2D eigenvalue weighted by Crippen LogP contribution is -2.46. The average Bonchev–Trinajstić information content (AvgIpc) is 3.14. The van der Waals surface area contributed by atoms with Crippen molar-refractivity contribution < 1.29 is 0 Å². The third-order valence-electron chi connectivity index (χ3n) is 5.47. The van der Waals surface area contributed by atoms with Gasteiger partial charge in [0.25, 0.3) is 5.56 Å². The first kappa shape index (κ1) is 17.0. The average molecular weight is 359 g/mol. The minimum Gasteiger partial charge on any atom is -0.313 e. The molecular formula is C17H25N7O2. The number of nitrogens with zero attached hydrogens (tertiary/aromatic N) is 6. The highest BCUT2D eigenvalue weighted by Gasteiger charge is 2.19. The van der Waals surface area contributed by atoms with Gasteiger partial charge in [0.15, 0.2) is 11.2 Å². The Kier molecular flexibility index (Phi) is 4.20. The summed E-state index contributed by atoms with van der Waals surface area (Å²) in [6.07, 6.45) is 1.92. The molecule has 4 heterocycles. The summed E-state index contributed by atoms with van der Waals surface area (Å²) in [5.74, 6) is 0.705. The molecule has 1 fully saturated rings. The summed E-state index contributed by atoms with van der Waals surface area (Å²) < 4.78 is 5.29. The summed E-state index contributed by atoms with van der Waals surface area (Å²) in [7, 11) is 1.62. The molecule has 0 spiro atoms. The number of H-pyrrole nitrogens is 1. The highest BCUT2D eigenvalue weighted by atomic mass is 16.2. The van der Waals surface area contributed by atoms with E-state index >= 15 is 0 Å². The molecule has 9 heteroatoms. The second-order valence-electron chi connectivity index (χ2n) is 6.97. The maximum atomic E-state index is 12.3. The lowest BCUT2D eigenvalue weighted by molar-refractivity contribution is 0.134. The Balaban J connectivity index is 1.66. The first-order chi connectivity index (χ1) is 12.5. The van der Waals surface area contributed by atoms with Crippen LogP contribution >= 0.6 is 0 Å². The fourth-order valence-corrected chi connectivity index (χ4v) is 3.76. The topological polar surface area (TPSA) is 83.6 Å². The van der Waals surface area contributed by atoms with Crippen LogP contribution in [0.25, 0.3) is 16.9 Å². The third-order valence-corrected chi connectivity index (χ3v) is 5.47. The van der Waals surface area contributed by atoms with Gasteiger partial charge in [-0.2, -0.15) is 4.98 Å². The molecule has 1 aliphatic rings. The third kappa shape index (κ3) is 2.67. The van der Waals surface area contributed by atoms with E-state index in [-0.39, 0.29) is 0 Å². The van der Waals surface area contributed by atoms with E-state index in [2.05, 4.69) is 31.3 Å². The number of aryl methyl sites for hydroxylation is 2. The first-order valence-corrected chi connectivity index (χ1v) is 9.11. The summed E-state index contributed by atoms with van der Waals surface area (Å²) in [6, 6.07) is 0. The number of hydrogen-bond acceptors (Lipinski definition) is 5. The van der Waals surface area contributed by atoms with Crippen LogP contribution in [0.5, 0.6) is 0 Å². The highest BCUT2D eigenvalue weighted by molar-refractivity contribution is 5.75. The largest absolute Gasteiger partial charge is 0.329 e. The molecule has 4 rings (SSSR count). The predicted molar refractivity (Wildman–Crippen MR) is 99.8 cm³/mol. The van der Waals surface area contributed by atoms with Gasteiger partial charge in [-0.1, -0.05) is 6.92 Å². The number of hydrogen-bond donors (Lipinski definition) is 1. The molecule has 9 nitrogen and oxygen atoms in total. The van der Waals surface area contributed by atoms with Gasteiger partial charge < -0.3 is 9.47 Å². The van der Waals surface area contributed by atoms with Gasteiger partial charge in [0.2, 0.25) is 5.78 Å². The van der Waals surface area contributed by atoms with Crippen molar-refractivity contribution in [2.75, 3.05) is 39.3 Å². The Labute approximate surface area is 150 Å². The molecule has 1 N–H and O–H groups in total. The van der Waals surface area contributed by atoms with E-state index in [4.69, 9.17) is 0 Å². The van der Waals surface area contributed by atoms with Crippen molar-refractivity contribution in [1.29, 1.82) is 0 Å². The molecule has 0 saturated carbocycles. The van der Waals surface area contributed by atoms with Gasteiger partial charge in [-0.25, -0.2) is 4.79 Å². The maximum Gasteiger partial charge on any atom is 0.329 e. The highest BCUT2D eigenvalue weighted by Crippen LogP contribution is 2.16. The molecule has 0 atom stereocenters. The van der Waals surface area contributed by atoms with E-state index in [0.717, 1.165) is 51.5 Å². The van der Waals surface area contributed by atoms with Crippen LogP contribution in [0, 0.1) is 6.92 Å². The Morgan fingerprint density at radius 1 is 1.12 bits per heavy atom. The molecule has 0 aliphatic carbocycles. The maximum absolute atomic E-state index is 12.3. The molecule has 0 unspecified atom stereocenters. The van der Waals surface area contributed by atoms with Crippen molar-refractivity contribution in [2.45, 2.75) is 20.4 Å². The van der Waals surface area contributed by atoms with Crippen LogP contribution in [0.1, 0.15) is 12.6 Å². The van der Waals surface area contributed by atoms with Crippen LogP contribution in [-0.4, -0.2) is 72.6 Å². The van der Waals surface area contributed by atoms with Crippen LogP contribution in [-0.2, 0) is 13.6 Å². The van der Waals surface area contributed by atoms with Crippen molar-refractivity contribution in [3.8, 4) is 0 Å². The summed E-state index contributed by atoms with van der Waals surface area (Å²) in [6.45, 7) is 11.5. The predicted octanol–water partition coefficient (Wildman–Crippen LogP) is -0.378. The monoisotopic (exact) mass is 359 g/mol. The quantitative estimate of drug-likeness (QED) is 0.687. The van der Waals surface area contributed by atoms with Crippen molar-refractivity contribution in [2.24, 2.45) is 7.05 Å². The van der Waals surface area contributed by atoms with Crippen LogP contribution in [0.4, 0.5) is 0 Å². The van der Waals surface area contributed by atoms with Gasteiger partial charge in [0, 0.05) is 58.2 Å². The standard InChI is InChI=1S/C17H25N7O2/c1-4-21-5-7-22(8-6-21)9-10-23-12(2)11-24-13-14(18-16(23)24)20(3)17(26)19-15(13)25/h11H,4-10H2,1-3H3,(H,19,25,26). The van der Waals surface area contributed by atoms with Gasteiger partial charge >= 0.3 is 5.69 Å².